The summed E-state index contributed by atoms with van der Waals surface area (Å²) < 4.78 is 2.31. The average Bonchev–Trinajstić information content (AvgIpc) is 2.69. The van der Waals surface area contributed by atoms with Gasteiger partial charge in [0.1, 0.15) is 0 Å². The maximum Gasteiger partial charge on any atom is 0.0636 e. The molecule has 0 radical (unpaired) electrons. The van der Waals surface area contributed by atoms with Gasteiger partial charge in [0.05, 0.1) is 6.10 Å². The Hall–Kier alpha value is -1.32. The molecule has 0 aliphatic rings. The van der Waals surface area contributed by atoms with E-state index in [9.17, 15) is 5.11 Å². The maximum absolute atomic E-state index is 9.27. The molecule has 98 valence electrons. The number of aliphatic hydroxyl groups excluding tert-OH is 1. The highest BCUT2D eigenvalue weighted by Gasteiger charge is 2.07. The first-order chi connectivity index (χ1) is 8.72. The van der Waals surface area contributed by atoms with Crippen molar-refractivity contribution in [1.82, 2.24) is 9.88 Å². The number of nitrogens with one attached hydrogen (secondary N) is 1. The van der Waals surface area contributed by atoms with Crippen LogP contribution in [0.25, 0.3) is 10.9 Å². The lowest BCUT2D eigenvalue weighted by Gasteiger charge is -2.05. The van der Waals surface area contributed by atoms with Gasteiger partial charge in [0.25, 0.3) is 0 Å². The molecule has 0 fully saturated rings. The van der Waals surface area contributed by atoms with Gasteiger partial charge in [-0.05, 0) is 25.0 Å². The second-order valence-corrected chi connectivity index (χ2v) is 4.84. The summed E-state index contributed by atoms with van der Waals surface area (Å²) in [4.78, 5) is 0. The highest BCUT2D eigenvalue weighted by Crippen LogP contribution is 2.21. The Morgan fingerprint density at radius 3 is 2.83 bits per heavy atom. The van der Waals surface area contributed by atoms with Crippen LogP contribution in [0.5, 0.6) is 0 Å². The first-order valence-electron chi connectivity index (χ1n) is 6.68. The molecule has 1 heterocycles. The minimum Gasteiger partial charge on any atom is -0.392 e. The molecule has 3 nitrogen and oxygen atoms in total. The molecule has 0 saturated heterocycles. The molecule has 3 heteroatoms. The van der Waals surface area contributed by atoms with Crippen LogP contribution in [-0.4, -0.2) is 22.3 Å². The molecule has 0 aliphatic carbocycles. The number of aliphatic hydroxyl groups is 1. The Morgan fingerprint density at radius 1 is 1.33 bits per heavy atom. The van der Waals surface area contributed by atoms with Crippen molar-refractivity contribution in [3.8, 4) is 0 Å². The van der Waals surface area contributed by atoms with Crippen molar-refractivity contribution in [2.45, 2.75) is 39.5 Å². The third-order valence-electron chi connectivity index (χ3n) is 3.09. The number of nitrogens with zero attached hydrogens (tertiary/aromatic N) is 1. The Bertz CT molecular complexity index is 502. The van der Waals surface area contributed by atoms with Crippen LogP contribution in [0, 0.1) is 0 Å². The summed E-state index contributed by atoms with van der Waals surface area (Å²) in [6.07, 6.45) is 3.07. The number of aryl methyl sites for hydroxylation is 1. The molecule has 1 aromatic heterocycles. The van der Waals surface area contributed by atoms with Crippen molar-refractivity contribution >= 4 is 10.9 Å². The smallest absolute Gasteiger partial charge is 0.0636 e. The Kier molecular flexibility index (Phi) is 4.39. The molecule has 2 aromatic rings. The van der Waals surface area contributed by atoms with Gasteiger partial charge in [-0.3, -0.25) is 0 Å². The molecule has 18 heavy (non-hydrogen) atoms. The Balaban J connectivity index is 2.21. The van der Waals surface area contributed by atoms with E-state index in [1.54, 1.807) is 6.92 Å². The highest BCUT2D eigenvalue weighted by atomic mass is 16.3. The summed E-state index contributed by atoms with van der Waals surface area (Å²) in [6.45, 7) is 6.49. The molecule has 0 unspecified atom stereocenters. The molecule has 0 aliphatic heterocycles. The third-order valence-corrected chi connectivity index (χ3v) is 3.09. The fourth-order valence-electron chi connectivity index (χ4n) is 2.31. The predicted molar refractivity (Wildman–Crippen MR) is 75.6 cm³/mol. The molecule has 2 rings (SSSR count). The van der Waals surface area contributed by atoms with Gasteiger partial charge in [-0.25, -0.2) is 0 Å². The van der Waals surface area contributed by atoms with E-state index < -0.39 is 0 Å². The minimum atomic E-state index is -0.297. The SMILES string of the molecule is CCCn1cc(CNC[C@@H](C)O)c2ccccc21. The number of rotatable bonds is 6. The summed E-state index contributed by atoms with van der Waals surface area (Å²) in [5, 5.41) is 13.9. The first-order valence-corrected chi connectivity index (χ1v) is 6.68. The lowest BCUT2D eigenvalue weighted by molar-refractivity contribution is 0.191. The first kappa shape index (κ1) is 13.1. The summed E-state index contributed by atoms with van der Waals surface area (Å²) in [5.41, 5.74) is 2.60. The van der Waals surface area contributed by atoms with Gasteiger partial charge in [-0.15, -0.1) is 0 Å². The van der Waals surface area contributed by atoms with E-state index in [1.807, 2.05) is 0 Å². The maximum atomic E-state index is 9.27. The van der Waals surface area contributed by atoms with Crippen LogP contribution in [0.3, 0.4) is 0 Å². The molecular weight excluding hydrogens is 224 g/mol. The van der Waals surface area contributed by atoms with Gasteiger partial charge in [-0.2, -0.15) is 0 Å². The number of hydrogen-bond acceptors (Lipinski definition) is 2. The van der Waals surface area contributed by atoms with Gasteiger partial charge in [0.2, 0.25) is 0 Å². The Labute approximate surface area is 108 Å². The summed E-state index contributed by atoms with van der Waals surface area (Å²) in [5.74, 6) is 0. The van der Waals surface area contributed by atoms with Crippen LogP contribution in [-0.2, 0) is 13.1 Å². The van der Waals surface area contributed by atoms with E-state index in [2.05, 4.69) is 47.3 Å². The van der Waals surface area contributed by atoms with Crippen molar-refractivity contribution in [2.24, 2.45) is 0 Å². The quantitative estimate of drug-likeness (QED) is 0.822. The van der Waals surface area contributed by atoms with Crippen molar-refractivity contribution in [2.75, 3.05) is 6.54 Å². The van der Waals surface area contributed by atoms with E-state index in [4.69, 9.17) is 0 Å². The molecular formula is C15H22N2O. The van der Waals surface area contributed by atoms with Crippen LogP contribution in [0.15, 0.2) is 30.5 Å². The van der Waals surface area contributed by atoms with Crippen LogP contribution in [0.1, 0.15) is 25.8 Å². The van der Waals surface area contributed by atoms with Gasteiger partial charge >= 0.3 is 0 Å². The minimum absolute atomic E-state index is 0.297. The fraction of sp³-hybridized carbons (Fsp3) is 0.467. The normalized spacial score (nSPS) is 13.1. The molecule has 0 bridgehead atoms. The zero-order chi connectivity index (χ0) is 13.0. The van der Waals surface area contributed by atoms with Crippen LogP contribution < -0.4 is 5.32 Å². The topological polar surface area (TPSA) is 37.2 Å². The largest absolute Gasteiger partial charge is 0.392 e. The number of hydrogen-bond donors (Lipinski definition) is 2. The van der Waals surface area contributed by atoms with Crippen molar-refractivity contribution < 1.29 is 5.11 Å². The van der Waals surface area contributed by atoms with Gasteiger partial charge in [0.15, 0.2) is 0 Å². The summed E-state index contributed by atoms with van der Waals surface area (Å²) in [7, 11) is 0. The fourth-order valence-corrected chi connectivity index (χ4v) is 2.31. The molecule has 0 saturated carbocycles. The number of aromatic nitrogens is 1. The zero-order valence-corrected chi connectivity index (χ0v) is 11.2. The summed E-state index contributed by atoms with van der Waals surface area (Å²) >= 11 is 0. The zero-order valence-electron chi connectivity index (χ0n) is 11.2. The van der Waals surface area contributed by atoms with E-state index in [1.165, 1.54) is 16.5 Å². The van der Waals surface area contributed by atoms with Crippen molar-refractivity contribution in [3.05, 3.63) is 36.0 Å². The van der Waals surface area contributed by atoms with Crippen molar-refractivity contribution in [3.63, 3.8) is 0 Å². The van der Waals surface area contributed by atoms with E-state index >= 15 is 0 Å². The average molecular weight is 246 g/mol. The lowest BCUT2D eigenvalue weighted by Crippen LogP contribution is -2.23. The van der Waals surface area contributed by atoms with Gasteiger partial charge in [-0.1, -0.05) is 25.1 Å². The molecule has 1 atom stereocenters. The van der Waals surface area contributed by atoms with E-state index in [0.717, 1.165) is 19.5 Å². The van der Waals surface area contributed by atoms with E-state index in [-0.39, 0.29) is 6.10 Å². The van der Waals surface area contributed by atoms with Gasteiger partial charge in [0, 0.05) is 36.7 Å². The third kappa shape index (κ3) is 2.92. The summed E-state index contributed by atoms with van der Waals surface area (Å²) in [6, 6.07) is 8.50. The molecule has 2 N–H and O–H groups in total. The second-order valence-electron chi connectivity index (χ2n) is 4.84. The predicted octanol–water partition coefficient (Wildman–Crippen LogP) is 2.52. The van der Waals surface area contributed by atoms with Crippen LogP contribution in [0.4, 0.5) is 0 Å². The monoisotopic (exact) mass is 246 g/mol. The molecule has 1 aromatic carbocycles. The molecule has 0 spiro atoms. The lowest BCUT2D eigenvalue weighted by atomic mass is 10.2. The van der Waals surface area contributed by atoms with Gasteiger partial charge < -0.3 is 15.0 Å². The van der Waals surface area contributed by atoms with Crippen molar-refractivity contribution in [1.29, 1.82) is 0 Å². The van der Waals surface area contributed by atoms with E-state index in [0.29, 0.717) is 6.54 Å². The standard InChI is InChI=1S/C15H22N2O/c1-3-8-17-11-13(10-16-9-12(2)18)14-6-4-5-7-15(14)17/h4-7,11-12,16,18H,3,8-10H2,1-2H3/t12-/m1/s1. The highest BCUT2D eigenvalue weighted by molar-refractivity contribution is 5.83. The second kappa shape index (κ2) is 6.03. The van der Waals surface area contributed by atoms with Crippen LogP contribution in [0.2, 0.25) is 0 Å². The molecule has 0 amide bonds. The number of benzene rings is 1. The number of fused-ring (bicyclic) bond motifs is 1. The van der Waals surface area contributed by atoms with Crippen LogP contribution >= 0.6 is 0 Å². The number of para-hydroxylation sites is 1. The Morgan fingerprint density at radius 2 is 2.11 bits per heavy atom.